The monoisotopic (exact) mass is 499 g/mol. The predicted octanol–water partition coefficient (Wildman–Crippen LogP) is 4.99. The summed E-state index contributed by atoms with van der Waals surface area (Å²) in [5, 5.41) is 17.8. The fraction of sp³-hybridized carbons (Fsp3) is 0.550. The van der Waals surface area contributed by atoms with E-state index in [1.54, 1.807) is 45.0 Å². The first-order chi connectivity index (χ1) is 15.5. The average Bonchev–Trinajstić information content (AvgIpc) is 2.73. The lowest BCUT2D eigenvalue weighted by Gasteiger charge is -2.23. The molecule has 3 N–H and O–H groups in total. The Morgan fingerprint density at radius 1 is 1.18 bits per heavy atom. The van der Waals surface area contributed by atoms with Crippen molar-refractivity contribution < 1.29 is 29.0 Å². The Labute approximate surface area is 200 Å². The smallest absolute Gasteiger partial charge is 0.408 e. The van der Waals surface area contributed by atoms with Gasteiger partial charge in [-0.2, -0.15) is 0 Å². The molecule has 0 aromatic heterocycles. The van der Waals surface area contributed by atoms with Gasteiger partial charge in [0, 0.05) is 22.4 Å². The molecule has 2 amide bonds. The Kier molecular flexibility index (Phi) is 12.3. The molecule has 0 saturated carbocycles. The lowest BCUT2D eigenvalue weighted by Crippen LogP contribution is -2.44. The molecule has 0 aliphatic rings. The van der Waals surface area contributed by atoms with Gasteiger partial charge in [0.15, 0.2) is 0 Å². The van der Waals surface area contributed by atoms with Crippen LogP contribution in [0.1, 0.15) is 39.2 Å². The molecule has 0 aliphatic heterocycles. The van der Waals surface area contributed by atoms with Crippen molar-refractivity contribution in [3.8, 4) is 0 Å². The normalized spacial score (nSPS) is 12.6. The van der Waals surface area contributed by atoms with Crippen LogP contribution in [0.2, 0.25) is 0 Å². The fourth-order valence-electron chi connectivity index (χ4n) is 2.49. The third-order valence-corrected chi connectivity index (χ3v) is 6.20. The number of rotatable bonds is 12. The molecule has 33 heavy (non-hydrogen) atoms. The number of carboxylic acid groups (broad SMARTS) is 1. The molecule has 0 spiro atoms. The molecule has 1 aromatic carbocycles. The second-order valence-electron chi connectivity index (χ2n) is 7.81. The average molecular weight is 500 g/mol. The maximum atomic E-state index is 12.0. The van der Waals surface area contributed by atoms with E-state index in [2.05, 4.69) is 20.7 Å². The number of amides is 2. The van der Waals surface area contributed by atoms with Crippen molar-refractivity contribution in [1.82, 2.24) is 10.6 Å². The topological polar surface area (TPSA) is 163 Å². The predicted molar refractivity (Wildman–Crippen MR) is 128 cm³/mol. The minimum Gasteiger partial charge on any atom is -0.480 e. The maximum Gasteiger partial charge on any atom is 0.408 e. The van der Waals surface area contributed by atoms with Crippen LogP contribution in [0.5, 0.6) is 0 Å². The molecular formula is C20H29N5O6S2. The summed E-state index contributed by atoms with van der Waals surface area (Å²) in [7, 11) is 2.98. The lowest BCUT2D eigenvalue weighted by molar-refractivity contribution is -0.139. The molecule has 0 unspecified atom stereocenters. The standard InChI is InChI=1S/C20H29N5O6S2/c1-20(2,3)31-19(29)23-16(17(26)27)10-9-15(33-32-4)11-22-18(28)30-12-13-5-7-14(8-6-13)24-25-21/h5-8,15-16H,9-12H2,1-4H3,(H,22,28)(H,23,29)(H,26,27)/t15-,16-/m0/s1. The largest absolute Gasteiger partial charge is 0.480 e. The fourth-order valence-corrected chi connectivity index (χ4v) is 4.45. The number of azide groups is 1. The molecule has 0 fully saturated rings. The molecule has 182 valence electrons. The summed E-state index contributed by atoms with van der Waals surface area (Å²) in [6.07, 6.45) is 1.07. The summed E-state index contributed by atoms with van der Waals surface area (Å²) in [5.41, 5.74) is 8.86. The number of benzene rings is 1. The highest BCUT2D eigenvalue weighted by Crippen LogP contribution is 2.27. The number of hydrogen-bond donors (Lipinski definition) is 3. The SMILES string of the molecule is CSS[C@@H](CC[C@H](NC(=O)OC(C)(C)C)C(=O)O)CNC(=O)OCc1ccc(N=[N+]=[N-])cc1. The van der Waals surface area contributed by atoms with Gasteiger partial charge in [0.25, 0.3) is 0 Å². The van der Waals surface area contributed by atoms with Gasteiger partial charge in [-0.3, -0.25) is 0 Å². The van der Waals surface area contributed by atoms with Crippen LogP contribution in [-0.2, 0) is 20.9 Å². The van der Waals surface area contributed by atoms with Crippen molar-refractivity contribution in [3.63, 3.8) is 0 Å². The summed E-state index contributed by atoms with van der Waals surface area (Å²) in [6, 6.07) is 5.50. The second kappa shape index (κ2) is 14.4. The first kappa shape index (κ1) is 28.3. The van der Waals surface area contributed by atoms with Gasteiger partial charge in [-0.1, -0.05) is 51.0 Å². The highest BCUT2D eigenvalue weighted by molar-refractivity contribution is 8.76. The number of hydrogen-bond acceptors (Lipinski definition) is 8. The number of carbonyl (C=O) groups excluding carboxylic acids is 2. The summed E-state index contributed by atoms with van der Waals surface area (Å²) < 4.78 is 10.3. The Morgan fingerprint density at radius 2 is 1.85 bits per heavy atom. The van der Waals surface area contributed by atoms with Gasteiger partial charge in [-0.25, -0.2) is 14.4 Å². The van der Waals surface area contributed by atoms with Crippen molar-refractivity contribution in [2.24, 2.45) is 5.11 Å². The van der Waals surface area contributed by atoms with E-state index in [4.69, 9.17) is 15.0 Å². The molecule has 1 aromatic rings. The van der Waals surface area contributed by atoms with Crippen LogP contribution in [0.3, 0.4) is 0 Å². The maximum absolute atomic E-state index is 12.0. The number of aliphatic carboxylic acids is 1. The minimum absolute atomic E-state index is 0.0453. The molecular weight excluding hydrogens is 470 g/mol. The molecule has 0 saturated heterocycles. The van der Waals surface area contributed by atoms with Crippen molar-refractivity contribution in [2.75, 3.05) is 12.8 Å². The number of carboxylic acids is 1. The Balaban J connectivity index is 2.50. The Morgan fingerprint density at radius 3 is 2.39 bits per heavy atom. The summed E-state index contributed by atoms with van der Waals surface area (Å²) in [4.78, 5) is 38.1. The van der Waals surface area contributed by atoms with Crippen molar-refractivity contribution >= 4 is 45.4 Å². The Hall–Kier alpha value is -2.76. The third-order valence-electron chi connectivity index (χ3n) is 3.94. The zero-order valence-corrected chi connectivity index (χ0v) is 20.6. The molecule has 13 heteroatoms. The van der Waals surface area contributed by atoms with Gasteiger partial charge in [-0.15, -0.1) is 0 Å². The van der Waals surface area contributed by atoms with Crippen LogP contribution < -0.4 is 10.6 Å². The number of carbonyl (C=O) groups is 3. The zero-order chi connectivity index (χ0) is 24.9. The molecule has 11 nitrogen and oxygen atoms in total. The number of nitrogens with zero attached hydrogens (tertiary/aromatic N) is 3. The molecule has 0 heterocycles. The van der Waals surface area contributed by atoms with E-state index in [0.29, 0.717) is 12.1 Å². The minimum atomic E-state index is -1.16. The Bertz CT molecular complexity index is 840. The van der Waals surface area contributed by atoms with Gasteiger partial charge in [0.2, 0.25) is 0 Å². The van der Waals surface area contributed by atoms with Crippen molar-refractivity contribution in [1.29, 1.82) is 0 Å². The van der Waals surface area contributed by atoms with Crippen LogP contribution >= 0.6 is 21.6 Å². The highest BCUT2D eigenvalue weighted by atomic mass is 33.1. The van der Waals surface area contributed by atoms with Crippen LogP contribution in [0, 0.1) is 0 Å². The van der Waals surface area contributed by atoms with Gasteiger partial charge >= 0.3 is 18.2 Å². The van der Waals surface area contributed by atoms with Crippen molar-refractivity contribution in [2.45, 2.75) is 57.1 Å². The molecule has 1 rings (SSSR count). The van der Waals surface area contributed by atoms with E-state index in [-0.39, 0.29) is 24.8 Å². The van der Waals surface area contributed by atoms with E-state index in [9.17, 15) is 19.5 Å². The molecule has 2 atom stereocenters. The number of nitrogens with one attached hydrogen (secondary N) is 2. The quantitative estimate of drug-likeness (QED) is 0.157. The summed E-state index contributed by atoms with van der Waals surface area (Å²) in [6.45, 7) is 5.38. The van der Waals surface area contributed by atoms with Gasteiger partial charge in [0.1, 0.15) is 18.2 Å². The lowest BCUT2D eigenvalue weighted by atomic mass is 10.1. The molecule has 0 bridgehead atoms. The van der Waals surface area contributed by atoms with Gasteiger partial charge in [0.05, 0.1) is 0 Å². The highest BCUT2D eigenvalue weighted by Gasteiger charge is 2.25. The molecule has 0 aliphatic carbocycles. The first-order valence-corrected chi connectivity index (χ1v) is 12.6. The van der Waals surface area contributed by atoms with Crippen LogP contribution in [0.4, 0.5) is 15.3 Å². The van der Waals surface area contributed by atoms with Crippen LogP contribution in [0.25, 0.3) is 10.4 Å². The van der Waals surface area contributed by atoms with E-state index in [0.717, 1.165) is 5.56 Å². The number of alkyl carbamates (subject to hydrolysis) is 2. The van der Waals surface area contributed by atoms with E-state index >= 15 is 0 Å². The first-order valence-electron chi connectivity index (χ1n) is 10.0. The van der Waals surface area contributed by atoms with E-state index < -0.39 is 29.8 Å². The third kappa shape index (κ3) is 12.8. The van der Waals surface area contributed by atoms with Crippen LogP contribution in [0.15, 0.2) is 29.4 Å². The van der Waals surface area contributed by atoms with Crippen LogP contribution in [-0.4, -0.2) is 53.0 Å². The van der Waals surface area contributed by atoms with Gasteiger partial charge < -0.3 is 25.2 Å². The molecule has 0 radical (unpaired) electrons. The summed E-state index contributed by atoms with van der Waals surface area (Å²) >= 11 is 0. The summed E-state index contributed by atoms with van der Waals surface area (Å²) in [5.74, 6) is -1.16. The van der Waals surface area contributed by atoms with E-state index in [1.807, 2.05) is 6.26 Å². The van der Waals surface area contributed by atoms with Crippen molar-refractivity contribution in [3.05, 3.63) is 40.3 Å². The second-order valence-corrected chi connectivity index (χ2v) is 10.6. The van der Waals surface area contributed by atoms with E-state index in [1.165, 1.54) is 21.6 Å². The zero-order valence-electron chi connectivity index (χ0n) is 18.9. The number of ether oxygens (including phenoxy) is 2. The van der Waals surface area contributed by atoms with Gasteiger partial charge in [-0.05, 0) is 51.0 Å².